The fraction of sp³-hybridized carbons (Fsp3) is 0.875. The maximum Gasteiger partial charge on any atom is 0.222 e. The van der Waals surface area contributed by atoms with Crippen molar-refractivity contribution in [2.45, 2.75) is 60.5 Å². The molecule has 0 spiro atoms. The van der Waals surface area contributed by atoms with Crippen molar-refractivity contribution in [1.82, 2.24) is 5.32 Å². The molecule has 4 nitrogen and oxygen atoms in total. The molecule has 1 N–H and O–H groups in total. The van der Waals surface area contributed by atoms with E-state index in [1.807, 2.05) is 34.6 Å². The molecule has 0 heterocycles. The van der Waals surface area contributed by atoms with E-state index in [4.69, 9.17) is 4.74 Å². The summed E-state index contributed by atoms with van der Waals surface area (Å²) < 4.78 is 5.56. The van der Waals surface area contributed by atoms with Gasteiger partial charge < -0.3 is 10.1 Å². The van der Waals surface area contributed by atoms with Crippen LogP contribution in [0.25, 0.3) is 0 Å². The van der Waals surface area contributed by atoms with E-state index in [0.717, 1.165) is 19.4 Å². The highest BCUT2D eigenvalue weighted by atomic mass is 16.5. The van der Waals surface area contributed by atoms with Crippen molar-refractivity contribution in [3.05, 3.63) is 0 Å². The highest BCUT2D eigenvalue weighted by Gasteiger charge is 2.16. The van der Waals surface area contributed by atoms with E-state index in [-0.39, 0.29) is 36.2 Å². The lowest BCUT2D eigenvalue weighted by atomic mass is 9.95. The minimum atomic E-state index is -0.0775. The maximum absolute atomic E-state index is 11.9. The van der Waals surface area contributed by atoms with Crippen LogP contribution in [0, 0.1) is 17.8 Å². The van der Waals surface area contributed by atoms with Crippen LogP contribution in [0.1, 0.15) is 54.4 Å². The molecule has 4 heteroatoms. The third kappa shape index (κ3) is 9.08. The van der Waals surface area contributed by atoms with Gasteiger partial charge in [0.15, 0.2) is 5.78 Å². The molecule has 20 heavy (non-hydrogen) atoms. The van der Waals surface area contributed by atoms with Gasteiger partial charge in [0.05, 0.1) is 12.6 Å². The quantitative estimate of drug-likeness (QED) is 0.671. The SMILES string of the molecule is CC(CCC(C)C(=O)CNC(=O)C(C)C)COC(C)C. The zero-order valence-electron chi connectivity index (χ0n) is 13.9. The number of Topliss-reactive ketones (excluding diaryl/α,β-unsaturated/α-hetero) is 1. The molecule has 0 radical (unpaired) electrons. The number of amides is 1. The van der Waals surface area contributed by atoms with E-state index < -0.39 is 0 Å². The fourth-order valence-electron chi connectivity index (χ4n) is 1.69. The zero-order chi connectivity index (χ0) is 15.7. The molecule has 0 fully saturated rings. The van der Waals surface area contributed by atoms with Gasteiger partial charge in [0.25, 0.3) is 0 Å². The van der Waals surface area contributed by atoms with Crippen LogP contribution in [0.4, 0.5) is 0 Å². The summed E-state index contributed by atoms with van der Waals surface area (Å²) in [6, 6.07) is 0. The molecule has 0 aromatic rings. The van der Waals surface area contributed by atoms with E-state index in [2.05, 4.69) is 12.2 Å². The number of rotatable bonds is 10. The molecule has 0 rings (SSSR count). The second kappa shape index (κ2) is 9.92. The fourth-order valence-corrected chi connectivity index (χ4v) is 1.69. The molecule has 0 saturated carbocycles. The number of carbonyl (C=O) groups excluding carboxylic acids is 2. The van der Waals surface area contributed by atoms with E-state index in [1.54, 1.807) is 0 Å². The molecule has 1 amide bonds. The number of nitrogens with one attached hydrogen (secondary N) is 1. The van der Waals surface area contributed by atoms with Crippen LogP contribution in [0.15, 0.2) is 0 Å². The Morgan fingerprint density at radius 1 is 1.00 bits per heavy atom. The van der Waals surface area contributed by atoms with Gasteiger partial charge >= 0.3 is 0 Å². The molecule has 0 aliphatic rings. The number of hydrogen-bond acceptors (Lipinski definition) is 3. The Morgan fingerprint density at radius 2 is 1.60 bits per heavy atom. The summed E-state index contributed by atoms with van der Waals surface area (Å²) in [5, 5.41) is 2.68. The van der Waals surface area contributed by atoms with E-state index in [1.165, 1.54) is 0 Å². The Hall–Kier alpha value is -0.900. The molecule has 118 valence electrons. The largest absolute Gasteiger partial charge is 0.379 e. The van der Waals surface area contributed by atoms with Gasteiger partial charge in [-0.05, 0) is 32.6 Å². The second-order valence-electron chi connectivity index (χ2n) is 6.30. The summed E-state index contributed by atoms with van der Waals surface area (Å²) >= 11 is 0. The lowest BCUT2D eigenvalue weighted by Gasteiger charge is -2.17. The van der Waals surface area contributed by atoms with Crippen molar-refractivity contribution in [1.29, 1.82) is 0 Å². The summed E-state index contributed by atoms with van der Waals surface area (Å²) in [5.74, 6) is 0.411. The summed E-state index contributed by atoms with van der Waals surface area (Å²) in [6.45, 7) is 12.6. The molecule has 0 saturated heterocycles. The predicted octanol–water partition coefficient (Wildman–Crippen LogP) is 2.81. The first kappa shape index (κ1) is 19.1. The van der Waals surface area contributed by atoms with Gasteiger partial charge in [-0.15, -0.1) is 0 Å². The lowest BCUT2D eigenvalue weighted by molar-refractivity contribution is -0.128. The first-order chi connectivity index (χ1) is 9.23. The van der Waals surface area contributed by atoms with Gasteiger partial charge in [0.2, 0.25) is 5.91 Å². The molecule has 2 atom stereocenters. The van der Waals surface area contributed by atoms with Gasteiger partial charge in [-0.2, -0.15) is 0 Å². The Labute approximate surface area is 123 Å². The summed E-state index contributed by atoms with van der Waals surface area (Å²) in [4.78, 5) is 23.3. The third-order valence-electron chi connectivity index (χ3n) is 3.32. The lowest BCUT2D eigenvalue weighted by Crippen LogP contribution is -2.34. The topological polar surface area (TPSA) is 55.4 Å². The minimum absolute atomic E-state index is 0.0102. The molecule has 2 unspecified atom stereocenters. The molecule has 0 bridgehead atoms. The zero-order valence-corrected chi connectivity index (χ0v) is 13.9. The molecule has 0 aromatic heterocycles. The smallest absolute Gasteiger partial charge is 0.222 e. The average Bonchev–Trinajstić information content (AvgIpc) is 2.38. The van der Waals surface area contributed by atoms with Crippen LogP contribution in [-0.4, -0.2) is 30.9 Å². The molecular formula is C16H31NO3. The van der Waals surface area contributed by atoms with Crippen LogP contribution in [0.3, 0.4) is 0 Å². The van der Waals surface area contributed by atoms with Gasteiger partial charge in [-0.3, -0.25) is 9.59 Å². The molecule has 0 aliphatic carbocycles. The molecule has 0 aliphatic heterocycles. The van der Waals surface area contributed by atoms with Crippen LogP contribution in [0.2, 0.25) is 0 Å². The highest BCUT2D eigenvalue weighted by Crippen LogP contribution is 2.14. The van der Waals surface area contributed by atoms with Crippen LogP contribution in [0.5, 0.6) is 0 Å². The second-order valence-corrected chi connectivity index (χ2v) is 6.30. The highest BCUT2D eigenvalue weighted by molar-refractivity contribution is 5.87. The monoisotopic (exact) mass is 285 g/mol. The van der Waals surface area contributed by atoms with E-state index in [0.29, 0.717) is 5.92 Å². The Bertz CT molecular complexity index is 300. The van der Waals surface area contributed by atoms with Gasteiger partial charge in [0, 0.05) is 18.4 Å². The number of carbonyl (C=O) groups is 2. The van der Waals surface area contributed by atoms with Crippen molar-refractivity contribution in [3.63, 3.8) is 0 Å². The number of ether oxygens (including phenoxy) is 1. The van der Waals surface area contributed by atoms with Crippen molar-refractivity contribution in [2.24, 2.45) is 17.8 Å². The summed E-state index contributed by atoms with van der Waals surface area (Å²) in [5.41, 5.74) is 0. The Morgan fingerprint density at radius 3 is 2.10 bits per heavy atom. The summed E-state index contributed by atoms with van der Waals surface area (Å²) in [6.07, 6.45) is 2.07. The first-order valence-corrected chi connectivity index (χ1v) is 7.66. The van der Waals surface area contributed by atoms with Gasteiger partial charge in [-0.1, -0.05) is 27.7 Å². The molecule has 0 aromatic carbocycles. The Kier molecular flexibility index (Phi) is 9.47. The number of ketones is 1. The van der Waals surface area contributed by atoms with Gasteiger partial charge in [-0.25, -0.2) is 0 Å². The van der Waals surface area contributed by atoms with E-state index in [9.17, 15) is 9.59 Å². The van der Waals surface area contributed by atoms with Crippen LogP contribution < -0.4 is 5.32 Å². The minimum Gasteiger partial charge on any atom is -0.379 e. The van der Waals surface area contributed by atoms with Crippen molar-refractivity contribution < 1.29 is 14.3 Å². The van der Waals surface area contributed by atoms with Crippen molar-refractivity contribution in [2.75, 3.05) is 13.2 Å². The van der Waals surface area contributed by atoms with Crippen LogP contribution in [-0.2, 0) is 14.3 Å². The summed E-state index contributed by atoms with van der Waals surface area (Å²) in [7, 11) is 0. The van der Waals surface area contributed by atoms with Crippen molar-refractivity contribution >= 4 is 11.7 Å². The third-order valence-corrected chi connectivity index (χ3v) is 3.32. The van der Waals surface area contributed by atoms with Crippen molar-refractivity contribution in [3.8, 4) is 0 Å². The predicted molar refractivity (Wildman–Crippen MR) is 81.5 cm³/mol. The standard InChI is InChI=1S/C16H31NO3/c1-11(2)16(19)17-9-15(18)14(6)8-7-13(5)10-20-12(3)4/h11-14H,7-10H2,1-6H3,(H,17,19). The average molecular weight is 285 g/mol. The van der Waals surface area contributed by atoms with E-state index >= 15 is 0 Å². The van der Waals surface area contributed by atoms with Gasteiger partial charge in [0.1, 0.15) is 0 Å². The van der Waals surface area contributed by atoms with Crippen LogP contribution >= 0.6 is 0 Å². The molecular weight excluding hydrogens is 254 g/mol. The first-order valence-electron chi connectivity index (χ1n) is 7.66. The normalized spacial score (nSPS) is 14.4. The maximum atomic E-state index is 11.9. The Balaban J connectivity index is 3.87. The number of hydrogen-bond donors (Lipinski definition) is 1.